The van der Waals surface area contributed by atoms with E-state index in [2.05, 4.69) is 13.0 Å². The van der Waals surface area contributed by atoms with Crippen LogP contribution in [0.15, 0.2) is 51.7 Å². The van der Waals surface area contributed by atoms with Crippen LogP contribution in [0.25, 0.3) is 22.1 Å². The molecule has 2 nitrogen and oxygen atoms in total. The van der Waals surface area contributed by atoms with E-state index in [4.69, 9.17) is 4.42 Å². The quantitative estimate of drug-likeness (QED) is 0.610. The highest BCUT2D eigenvalue weighted by Crippen LogP contribution is 2.28. The van der Waals surface area contributed by atoms with Gasteiger partial charge in [-0.15, -0.1) is 0 Å². The van der Waals surface area contributed by atoms with E-state index < -0.39 is 0 Å². The van der Waals surface area contributed by atoms with Crippen molar-refractivity contribution in [3.05, 3.63) is 69.6 Å². The first kappa shape index (κ1) is 12.7. The molecule has 0 N–H and O–H groups in total. The van der Waals surface area contributed by atoms with Crippen LogP contribution in [0, 0.1) is 20.8 Å². The molecule has 0 saturated heterocycles. The molecule has 2 heteroatoms. The minimum atomic E-state index is -0.270. The van der Waals surface area contributed by atoms with Gasteiger partial charge in [-0.2, -0.15) is 0 Å². The van der Waals surface area contributed by atoms with Crippen molar-refractivity contribution in [1.82, 2.24) is 0 Å². The van der Waals surface area contributed by atoms with Crippen molar-refractivity contribution in [2.24, 2.45) is 0 Å². The molecule has 0 spiro atoms. The third-order valence-electron chi connectivity index (χ3n) is 3.66. The molecule has 0 aliphatic heterocycles. The first-order valence-corrected chi connectivity index (χ1v) is 6.68. The van der Waals surface area contributed by atoms with Crippen LogP contribution in [0.3, 0.4) is 0 Å². The van der Waals surface area contributed by atoms with Crippen molar-refractivity contribution in [1.29, 1.82) is 0 Å². The van der Waals surface area contributed by atoms with E-state index >= 15 is 0 Å². The Hall–Kier alpha value is -2.35. The molecule has 0 bridgehead atoms. The van der Waals surface area contributed by atoms with Crippen LogP contribution >= 0.6 is 0 Å². The minimum absolute atomic E-state index is 0.270. The summed E-state index contributed by atoms with van der Waals surface area (Å²) in [5, 5.41) is 1.01. The fraction of sp³-hybridized carbons (Fsp3) is 0.167. The maximum Gasteiger partial charge on any atom is 0.344 e. The van der Waals surface area contributed by atoms with Gasteiger partial charge in [0, 0.05) is 5.39 Å². The Morgan fingerprint density at radius 3 is 2.35 bits per heavy atom. The molecule has 0 amide bonds. The van der Waals surface area contributed by atoms with Crippen LogP contribution in [0.2, 0.25) is 0 Å². The van der Waals surface area contributed by atoms with E-state index in [1.165, 1.54) is 5.56 Å². The lowest BCUT2D eigenvalue weighted by atomic mass is 9.97. The van der Waals surface area contributed by atoms with Crippen molar-refractivity contribution in [2.45, 2.75) is 20.8 Å². The summed E-state index contributed by atoms with van der Waals surface area (Å²) in [4.78, 5) is 12.3. The van der Waals surface area contributed by atoms with E-state index in [0.717, 1.165) is 22.1 Å². The number of hydrogen-bond donors (Lipinski definition) is 0. The van der Waals surface area contributed by atoms with E-state index in [1.807, 2.05) is 50.2 Å². The maximum absolute atomic E-state index is 12.3. The highest BCUT2D eigenvalue weighted by atomic mass is 16.4. The average molecular weight is 264 g/mol. The molecule has 0 fully saturated rings. The number of rotatable bonds is 1. The number of benzene rings is 2. The summed E-state index contributed by atoms with van der Waals surface area (Å²) in [6.07, 6.45) is 0. The molecule has 0 atom stereocenters. The van der Waals surface area contributed by atoms with Crippen LogP contribution in [0.4, 0.5) is 0 Å². The molecule has 100 valence electrons. The van der Waals surface area contributed by atoms with Gasteiger partial charge < -0.3 is 4.42 Å². The summed E-state index contributed by atoms with van der Waals surface area (Å²) in [6.45, 7) is 6.01. The van der Waals surface area contributed by atoms with Crippen molar-refractivity contribution < 1.29 is 4.42 Å². The Bertz CT molecular complexity index is 843. The van der Waals surface area contributed by atoms with Gasteiger partial charge in [0.05, 0.1) is 5.56 Å². The largest absolute Gasteiger partial charge is 0.422 e. The lowest BCUT2D eigenvalue weighted by molar-refractivity contribution is 0.560. The average Bonchev–Trinajstić information content (AvgIpc) is 2.42. The van der Waals surface area contributed by atoms with Gasteiger partial charge in [0.1, 0.15) is 5.58 Å². The highest BCUT2D eigenvalue weighted by molar-refractivity contribution is 5.88. The molecule has 0 aliphatic carbocycles. The summed E-state index contributed by atoms with van der Waals surface area (Å²) >= 11 is 0. The molecule has 20 heavy (non-hydrogen) atoms. The molecule has 2 aromatic carbocycles. The molecule has 0 radical (unpaired) electrons. The molecule has 0 saturated carbocycles. The first-order valence-electron chi connectivity index (χ1n) is 6.68. The second-order valence-electron chi connectivity index (χ2n) is 5.21. The van der Waals surface area contributed by atoms with Crippen LogP contribution in [-0.2, 0) is 0 Å². The minimum Gasteiger partial charge on any atom is -0.422 e. The zero-order chi connectivity index (χ0) is 14.3. The van der Waals surface area contributed by atoms with Crippen LogP contribution < -0.4 is 5.63 Å². The topological polar surface area (TPSA) is 30.2 Å². The Balaban J connectivity index is 2.44. The monoisotopic (exact) mass is 264 g/mol. The lowest BCUT2D eigenvalue weighted by Crippen LogP contribution is -2.06. The van der Waals surface area contributed by atoms with Gasteiger partial charge in [-0.1, -0.05) is 36.4 Å². The molecule has 0 unspecified atom stereocenters. The zero-order valence-corrected chi connectivity index (χ0v) is 11.9. The summed E-state index contributed by atoms with van der Waals surface area (Å²) in [5.41, 5.74) is 5.13. The second kappa shape index (κ2) is 4.64. The number of aryl methyl sites for hydroxylation is 3. The normalized spacial score (nSPS) is 10.9. The van der Waals surface area contributed by atoms with Crippen molar-refractivity contribution in [3.63, 3.8) is 0 Å². The molecular formula is C18H16O2. The zero-order valence-electron chi connectivity index (χ0n) is 11.9. The standard InChI is InChI=1S/C18H16O2/c1-11-9-12(2)17-15(10-11)13(3)16(18(19)20-17)14-7-5-4-6-8-14/h4-10H,1-3H3. The van der Waals surface area contributed by atoms with Crippen molar-refractivity contribution >= 4 is 11.0 Å². The second-order valence-corrected chi connectivity index (χ2v) is 5.21. The Morgan fingerprint density at radius 1 is 0.950 bits per heavy atom. The number of hydrogen-bond acceptors (Lipinski definition) is 2. The Morgan fingerprint density at radius 2 is 1.65 bits per heavy atom. The fourth-order valence-electron chi connectivity index (χ4n) is 2.74. The molecule has 3 rings (SSSR count). The summed E-state index contributed by atoms with van der Waals surface area (Å²) < 4.78 is 5.56. The number of fused-ring (bicyclic) bond motifs is 1. The van der Waals surface area contributed by atoms with Gasteiger partial charge in [0.25, 0.3) is 0 Å². The predicted octanol–water partition coefficient (Wildman–Crippen LogP) is 4.39. The molecular weight excluding hydrogens is 248 g/mol. The van der Waals surface area contributed by atoms with Gasteiger partial charge >= 0.3 is 5.63 Å². The third kappa shape index (κ3) is 1.94. The maximum atomic E-state index is 12.3. The van der Waals surface area contributed by atoms with E-state index in [-0.39, 0.29) is 5.63 Å². The van der Waals surface area contributed by atoms with Gasteiger partial charge in [0.2, 0.25) is 0 Å². The Kier molecular flexibility index (Phi) is 2.94. The fourth-order valence-corrected chi connectivity index (χ4v) is 2.74. The summed E-state index contributed by atoms with van der Waals surface area (Å²) in [5.74, 6) is 0. The molecule has 1 heterocycles. The van der Waals surface area contributed by atoms with Gasteiger partial charge in [-0.25, -0.2) is 4.79 Å². The third-order valence-corrected chi connectivity index (χ3v) is 3.66. The smallest absolute Gasteiger partial charge is 0.344 e. The lowest BCUT2D eigenvalue weighted by Gasteiger charge is -2.10. The van der Waals surface area contributed by atoms with E-state index in [0.29, 0.717) is 11.1 Å². The SMILES string of the molecule is Cc1cc(C)c2oc(=O)c(-c3ccccc3)c(C)c2c1. The van der Waals surface area contributed by atoms with Crippen molar-refractivity contribution in [2.75, 3.05) is 0 Å². The van der Waals surface area contributed by atoms with Gasteiger partial charge in [-0.3, -0.25) is 0 Å². The van der Waals surface area contributed by atoms with Crippen LogP contribution in [0.5, 0.6) is 0 Å². The van der Waals surface area contributed by atoms with E-state index in [1.54, 1.807) is 0 Å². The molecule has 0 aliphatic rings. The Labute approximate surface area is 117 Å². The van der Waals surface area contributed by atoms with Gasteiger partial charge in [0.15, 0.2) is 0 Å². The highest BCUT2D eigenvalue weighted by Gasteiger charge is 2.14. The van der Waals surface area contributed by atoms with Gasteiger partial charge in [-0.05, 0) is 49.1 Å². The molecule has 1 aromatic heterocycles. The van der Waals surface area contributed by atoms with Crippen LogP contribution in [-0.4, -0.2) is 0 Å². The summed E-state index contributed by atoms with van der Waals surface area (Å²) in [7, 11) is 0. The predicted molar refractivity (Wildman–Crippen MR) is 82.1 cm³/mol. The summed E-state index contributed by atoms with van der Waals surface area (Å²) in [6, 6.07) is 13.8. The molecule has 3 aromatic rings. The van der Waals surface area contributed by atoms with E-state index in [9.17, 15) is 4.79 Å². The van der Waals surface area contributed by atoms with Crippen molar-refractivity contribution in [3.8, 4) is 11.1 Å². The first-order chi connectivity index (χ1) is 9.58. The van der Waals surface area contributed by atoms with Crippen LogP contribution in [0.1, 0.15) is 16.7 Å².